The van der Waals surface area contributed by atoms with Crippen LogP contribution in [0.1, 0.15) is 50.6 Å². The number of imide groups is 1. The highest BCUT2D eigenvalue weighted by atomic mass is 16.7. The van der Waals surface area contributed by atoms with Crippen LogP contribution < -0.4 is 5.32 Å². The number of amides is 3. The lowest BCUT2D eigenvalue weighted by Crippen LogP contribution is -2.46. The first-order chi connectivity index (χ1) is 18.9. The van der Waals surface area contributed by atoms with Gasteiger partial charge in [0.05, 0.1) is 18.2 Å². The van der Waals surface area contributed by atoms with Gasteiger partial charge in [0, 0.05) is 12.3 Å². The van der Waals surface area contributed by atoms with Crippen LogP contribution in [0.15, 0.2) is 72.8 Å². The van der Waals surface area contributed by atoms with E-state index in [1.807, 2.05) is 48.5 Å². The Bertz CT molecular complexity index is 1400. The maximum Gasteiger partial charge on any atom is 0.407 e. The molecular formula is C29H24N2O8. The average molecular weight is 529 g/mol. The summed E-state index contributed by atoms with van der Waals surface area (Å²) in [6, 6.07) is 20.3. The molecule has 3 aromatic carbocycles. The average Bonchev–Trinajstić information content (AvgIpc) is 3.41. The van der Waals surface area contributed by atoms with Crippen molar-refractivity contribution >= 4 is 29.8 Å². The molecule has 1 aliphatic carbocycles. The van der Waals surface area contributed by atoms with Crippen LogP contribution in [-0.2, 0) is 23.9 Å². The third-order valence-corrected chi connectivity index (χ3v) is 6.72. The summed E-state index contributed by atoms with van der Waals surface area (Å²) < 4.78 is 10.1. The lowest BCUT2D eigenvalue weighted by Gasteiger charge is -2.20. The van der Waals surface area contributed by atoms with Gasteiger partial charge in [-0.15, -0.1) is 0 Å². The van der Waals surface area contributed by atoms with Crippen molar-refractivity contribution in [3.05, 3.63) is 95.1 Å². The first-order valence-corrected chi connectivity index (χ1v) is 12.3. The summed E-state index contributed by atoms with van der Waals surface area (Å²) in [7, 11) is 1.19. The Hall–Kier alpha value is -4.99. The molecule has 0 spiro atoms. The molecule has 0 saturated carbocycles. The zero-order valence-electron chi connectivity index (χ0n) is 20.9. The van der Waals surface area contributed by atoms with E-state index in [4.69, 9.17) is 9.57 Å². The number of nitrogens with one attached hydrogen (secondary N) is 1. The van der Waals surface area contributed by atoms with Crippen LogP contribution >= 0.6 is 0 Å². The number of fused-ring (bicyclic) bond motifs is 4. The number of hydrogen-bond acceptors (Lipinski definition) is 8. The second-order valence-corrected chi connectivity index (χ2v) is 9.00. The fourth-order valence-corrected chi connectivity index (χ4v) is 4.80. The molecule has 0 fully saturated rings. The minimum absolute atomic E-state index is 0.00294. The van der Waals surface area contributed by atoms with Crippen molar-refractivity contribution in [3.63, 3.8) is 0 Å². The minimum Gasteiger partial charge on any atom is -0.469 e. The second-order valence-electron chi connectivity index (χ2n) is 9.00. The molecule has 0 bridgehead atoms. The Kier molecular flexibility index (Phi) is 7.09. The molecule has 0 radical (unpaired) electrons. The number of hydroxylamine groups is 2. The van der Waals surface area contributed by atoms with E-state index in [9.17, 15) is 24.0 Å². The van der Waals surface area contributed by atoms with Crippen molar-refractivity contribution in [2.45, 2.75) is 24.8 Å². The van der Waals surface area contributed by atoms with Crippen LogP contribution in [0.4, 0.5) is 4.79 Å². The molecule has 1 atom stereocenters. The van der Waals surface area contributed by atoms with Crippen LogP contribution in [0, 0.1) is 0 Å². The molecule has 198 valence electrons. The van der Waals surface area contributed by atoms with Crippen molar-refractivity contribution in [3.8, 4) is 11.1 Å². The van der Waals surface area contributed by atoms with Crippen LogP contribution in [0.25, 0.3) is 11.1 Å². The number of carbonyl (C=O) groups is 5. The summed E-state index contributed by atoms with van der Waals surface area (Å²) >= 11 is 0. The van der Waals surface area contributed by atoms with Gasteiger partial charge < -0.3 is 19.6 Å². The summed E-state index contributed by atoms with van der Waals surface area (Å²) in [6.07, 6.45) is -1.37. The molecule has 0 aromatic heterocycles. The van der Waals surface area contributed by atoms with E-state index in [-0.39, 0.29) is 36.5 Å². The van der Waals surface area contributed by atoms with Crippen LogP contribution in [0.3, 0.4) is 0 Å². The second kappa shape index (κ2) is 10.8. The molecule has 10 nitrogen and oxygen atoms in total. The fraction of sp³-hybridized carbons (Fsp3) is 0.207. The lowest BCUT2D eigenvalue weighted by molar-refractivity contribution is -0.171. The Morgan fingerprint density at radius 1 is 0.821 bits per heavy atom. The Morgan fingerprint density at radius 3 is 1.87 bits per heavy atom. The number of rotatable bonds is 8. The summed E-state index contributed by atoms with van der Waals surface area (Å²) in [5.41, 5.74) is 4.32. The van der Waals surface area contributed by atoms with E-state index in [1.165, 1.54) is 19.2 Å². The molecule has 39 heavy (non-hydrogen) atoms. The van der Waals surface area contributed by atoms with E-state index in [0.29, 0.717) is 5.06 Å². The van der Waals surface area contributed by atoms with Gasteiger partial charge in [-0.2, -0.15) is 0 Å². The van der Waals surface area contributed by atoms with Gasteiger partial charge in [-0.3, -0.25) is 14.4 Å². The molecule has 0 saturated heterocycles. The largest absolute Gasteiger partial charge is 0.469 e. The number of nitrogens with zero attached hydrogens (tertiary/aromatic N) is 1. The molecule has 0 unspecified atom stereocenters. The highest BCUT2D eigenvalue weighted by Crippen LogP contribution is 2.44. The van der Waals surface area contributed by atoms with Gasteiger partial charge in [0.15, 0.2) is 0 Å². The predicted octanol–water partition coefficient (Wildman–Crippen LogP) is 3.60. The van der Waals surface area contributed by atoms with Crippen molar-refractivity contribution in [1.29, 1.82) is 0 Å². The van der Waals surface area contributed by atoms with E-state index in [0.717, 1.165) is 22.3 Å². The Balaban J connectivity index is 1.27. The van der Waals surface area contributed by atoms with Crippen LogP contribution in [-0.4, -0.2) is 54.7 Å². The van der Waals surface area contributed by atoms with Gasteiger partial charge in [-0.1, -0.05) is 65.7 Å². The number of hydrogen-bond donors (Lipinski definition) is 1. The van der Waals surface area contributed by atoms with Crippen LogP contribution in [0.2, 0.25) is 0 Å². The van der Waals surface area contributed by atoms with Crippen molar-refractivity contribution in [1.82, 2.24) is 10.4 Å². The normalized spacial score (nSPS) is 14.2. The summed E-state index contributed by atoms with van der Waals surface area (Å²) in [6.45, 7) is -0.00294. The summed E-state index contributed by atoms with van der Waals surface area (Å²) in [4.78, 5) is 67.8. The number of ether oxygens (including phenoxy) is 2. The van der Waals surface area contributed by atoms with E-state index >= 15 is 0 Å². The third-order valence-electron chi connectivity index (χ3n) is 6.72. The molecule has 1 aliphatic heterocycles. The standard InChI is InChI=1S/C29H24N2O8/c1-37-25(32)15-14-24(28(35)39-31-26(33)21-12-6-7-13-22(21)27(31)34)30-29(36)38-16-23-19-10-4-2-8-17(19)18-9-3-5-11-20(18)23/h2-13,23-24H,14-16H2,1H3,(H,30,36)/t24-/m0/s1. The Morgan fingerprint density at radius 2 is 1.33 bits per heavy atom. The molecule has 1 heterocycles. The molecule has 3 aromatic rings. The topological polar surface area (TPSA) is 128 Å². The zero-order valence-corrected chi connectivity index (χ0v) is 20.9. The number of esters is 1. The van der Waals surface area contributed by atoms with Crippen molar-refractivity contribution < 1.29 is 38.3 Å². The lowest BCUT2D eigenvalue weighted by atomic mass is 9.98. The van der Waals surface area contributed by atoms with Gasteiger partial charge in [0.1, 0.15) is 12.6 Å². The van der Waals surface area contributed by atoms with Gasteiger partial charge >= 0.3 is 18.0 Å². The number of carbonyl (C=O) groups excluding carboxylic acids is 5. The van der Waals surface area contributed by atoms with Gasteiger partial charge in [0.25, 0.3) is 11.8 Å². The number of benzene rings is 3. The Labute approximate surface area is 223 Å². The first-order valence-electron chi connectivity index (χ1n) is 12.3. The quantitative estimate of drug-likeness (QED) is 0.347. The molecule has 5 rings (SSSR count). The zero-order chi connectivity index (χ0) is 27.5. The van der Waals surface area contributed by atoms with E-state index in [2.05, 4.69) is 10.1 Å². The van der Waals surface area contributed by atoms with E-state index < -0.39 is 35.9 Å². The smallest absolute Gasteiger partial charge is 0.407 e. The highest BCUT2D eigenvalue weighted by Gasteiger charge is 2.40. The van der Waals surface area contributed by atoms with Gasteiger partial charge in [-0.05, 0) is 40.8 Å². The third kappa shape index (κ3) is 4.96. The molecular weight excluding hydrogens is 504 g/mol. The highest BCUT2D eigenvalue weighted by molar-refractivity contribution is 6.21. The van der Waals surface area contributed by atoms with Crippen molar-refractivity contribution in [2.75, 3.05) is 13.7 Å². The maximum atomic E-state index is 13.0. The monoisotopic (exact) mass is 528 g/mol. The van der Waals surface area contributed by atoms with Gasteiger partial charge in [-0.25, -0.2) is 9.59 Å². The van der Waals surface area contributed by atoms with Crippen LogP contribution in [0.5, 0.6) is 0 Å². The fourth-order valence-electron chi connectivity index (χ4n) is 4.80. The first kappa shape index (κ1) is 25.7. The van der Waals surface area contributed by atoms with E-state index in [1.54, 1.807) is 12.1 Å². The summed E-state index contributed by atoms with van der Waals surface area (Å²) in [5, 5.41) is 2.74. The molecule has 10 heteroatoms. The summed E-state index contributed by atoms with van der Waals surface area (Å²) in [5.74, 6) is -3.56. The van der Waals surface area contributed by atoms with Gasteiger partial charge in [0.2, 0.25) is 0 Å². The molecule has 1 N–H and O–H groups in total. The predicted molar refractivity (Wildman–Crippen MR) is 136 cm³/mol. The SMILES string of the molecule is COC(=O)CC[C@H](NC(=O)OCC1c2ccccc2-c2ccccc21)C(=O)ON1C(=O)c2ccccc2C1=O. The maximum absolute atomic E-state index is 13.0. The minimum atomic E-state index is -1.40. The molecule has 3 amide bonds. The van der Waals surface area contributed by atoms with Crippen molar-refractivity contribution in [2.24, 2.45) is 0 Å². The number of methoxy groups -OCH3 is 1. The number of alkyl carbamates (subject to hydrolysis) is 1. The molecule has 2 aliphatic rings.